The van der Waals surface area contributed by atoms with Crippen molar-refractivity contribution in [2.75, 3.05) is 6.61 Å². The van der Waals surface area contributed by atoms with Gasteiger partial charge >= 0.3 is 0 Å². The third-order valence-corrected chi connectivity index (χ3v) is 3.80. The van der Waals surface area contributed by atoms with Crippen molar-refractivity contribution >= 4 is 0 Å². The van der Waals surface area contributed by atoms with E-state index in [2.05, 4.69) is 4.98 Å². The van der Waals surface area contributed by atoms with Gasteiger partial charge in [0.2, 0.25) is 0 Å². The maximum absolute atomic E-state index is 13.8. The van der Waals surface area contributed by atoms with E-state index in [9.17, 15) is 9.50 Å². The summed E-state index contributed by atoms with van der Waals surface area (Å²) >= 11 is 0. The first-order valence-electron chi connectivity index (χ1n) is 6.73. The number of nitrogens with zero attached hydrogens (tertiary/aromatic N) is 1. The van der Waals surface area contributed by atoms with Crippen molar-refractivity contribution in [2.45, 2.75) is 25.4 Å². The molecule has 0 bridgehead atoms. The van der Waals surface area contributed by atoms with Crippen molar-refractivity contribution in [3.8, 4) is 5.75 Å². The highest BCUT2D eigenvalue weighted by Crippen LogP contribution is 2.43. The molecule has 1 aliphatic rings. The van der Waals surface area contributed by atoms with Crippen LogP contribution in [0, 0.1) is 5.82 Å². The van der Waals surface area contributed by atoms with Crippen molar-refractivity contribution in [3.63, 3.8) is 0 Å². The molecule has 0 spiro atoms. The number of hydrogen-bond donors (Lipinski definition) is 1. The van der Waals surface area contributed by atoms with E-state index in [1.54, 1.807) is 30.6 Å². The number of aliphatic hydroxyl groups is 1. The Balaban J connectivity index is 2.07. The molecule has 1 unspecified atom stereocenters. The van der Waals surface area contributed by atoms with Crippen LogP contribution >= 0.6 is 0 Å². The lowest BCUT2D eigenvalue weighted by molar-refractivity contribution is 0.0822. The quantitative estimate of drug-likeness (QED) is 0.935. The largest absolute Gasteiger partial charge is 0.492 e. The zero-order valence-electron chi connectivity index (χ0n) is 11.3. The molecule has 2 aromatic rings. The zero-order valence-corrected chi connectivity index (χ0v) is 11.3. The fourth-order valence-corrected chi connectivity index (χ4v) is 2.83. The second-order valence-electron chi connectivity index (χ2n) is 4.97. The van der Waals surface area contributed by atoms with Gasteiger partial charge in [0, 0.05) is 11.8 Å². The van der Waals surface area contributed by atoms with Crippen LogP contribution in [-0.2, 0) is 12.0 Å². The molecule has 104 valence electrons. The molecule has 1 aromatic heterocycles. The van der Waals surface area contributed by atoms with Crippen LogP contribution in [-0.4, -0.2) is 16.7 Å². The first-order chi connectivity index (χ1) is 9.65. The van der Waals surface area contributed by atoms with Gasteiger partial charge in [-0.1, -0.05) is 12.1 Å². The molecule has 1 N–H and O–H groups in total. The minimum atomic E-state index is -1.18. The Morgan fingerprint density at radius 1 is 1.40 bits per heavy atom. The van der Waals surface area contributed by atoms with Crippen LogP contribution in [0.3, 0.4) is 0 Å². The van der Waals surface area contributed by atoms with Crippen LogP contribution in [0.5, 0.6) is 5.75 Å². The van der Waals surface area contributed by atoms with Gasteiger partial charge < -0.3 is 9.84 Å². The summed E-state index contributed by atoms with van der Waals surface area (Å²) in [5, 5.41) is 11.0. The average molecular weight is 273 g/mol. The SMILES string of the molecule is CCOc1cncc(C2(O)CCc3c(F)cccc32)c1. The molecule has 0 aliphatic heterocycles. The number of fused-ring (bicyclic) bond motifs is 1. The fourth-order valence-electron chi connectivity index (χ4n) is 2.83. The summed E-state index contributed by atoms with van der Waals surface area (Å²) in [5.41, 5.74) is 0.690. The van der Waals surface area contributed by atoms with Gasteiger partial charge in [0.1, 0.15) is 17.2 Å². The molecule has 0 radical (unpaired) electrons. The van der Waals surface area contributed by atoms with E-state index in [0.717, 1.165) is 0 Å². The molecule has 0 amide bonds. The van der Waals surface area contributed by atoms with Gasteiger partial charge in [-0.05, 0) is 43.0 Å². The third kappa shape index (κ3) is 1.96. The van der Waals surface area contributed by atoms with Crippen LogP contribution in [0.15, 0.2) is 36.7 Å². The lowest BCUT2D eigenvalue weighted by Crippen LogP contribution is -2.24. The smallest absolute Gasteiger partial charge is 0.137 e. The number of hydrogen-bond acceptors (Lipinski definition) is 3. The predicted octanol–water partition coefficient (Wildman–Crippen LogP) is 2.80. The normalized spacial score (nSPS) is 20.8. The monoisotopic (exact) mass is 273 g/mol. The highest BCUT2D eigenvalue weighted by molar-refractivity contribution is 5.46. The van der Waals surface area contributed by atoms with E-state index in [1.165, 1.54) is 6.07 Å². The molecule has 0 saturated heterocycles. The molecule has 1 aromatic carbocycles. The van der Waals surface area contributed by atoms with E-state index in [1.807, 2.05) is 6.92 Å². The maximum atomic E-state index is 13.8. The standard InChI is InChI=1S/C16H16FNO2/c1-2-20-12-8-11(9-18-10-12)16(19)7-6-13-14(16)4-3-5-15(13)17/h3-5,8-10,19H,2,6-7H2,1H3. The molecule has 1 atom stereocenters. The topological polar surface area (TPSA) is 42.4 Å². The summed E-state index contributed by atoms with van der Waals surface area (Å²) in [6.07, 6.45) is 4.21. The van der Waals surface area contributed by atoms with Crippen LogP contribution < -0.4 is 4.74 Å². The Bertz CT molecular complexity index is 644. The molecule has 4 heteroatoms. The van der Waals surface area contributed by atoms with Gasteiger partial charge in [0.05, 0.1) is 12.8 Å². The second-order valence-corrected chi connectivity index (χ2v) is 4.97. The van der Waals surface area contributed by atoms with Gasteiger partial charge in [-0.15, -0.1) is 0 Å². The minimum Gasteiger partial charge on any atom is -0.492 e. The molecule has 0 saturated carbocycles. The van der Waals surface area contributed by atoms with Gasteiger partial charge in [0.25, 0.3) is 0 Å². The van der Waals surface area contributed by atoms with Crippen LogP contribution in [0.25, 0.3) is 0 Å². The maximum Gasteiger partial charge on any atom is 0.137 e. The number of ether oxygens (including phenoxy) is 1. The number of aromatic nitrogens is 1. The van der Waals surface area contributed by atoms with E-state index in [-0.39, 0.29) is 5.82 Å². The molecule has 3 nitrogen and oxygen atoms in total. The third-order valence-electron chi connectivity index (χ3n) is 3.80. The average Bonchev–Trinajstić information content (AvgIpc) is 2.80. The number of pyridine rings is 1. The summed E-state index contributed by atoms with van der Waals surface area (Å²) < 4.78 is 19.2. The summed E-state index contributed by atoms with van der Waals surface area (Å²) in [6.45, 7) is 2.43. The Labute approximate surface area is 117 Å². The molecule has 0 fully saturated rings. The second kappa shape index (κ2) is 4.87. The summed E-state index contributed by atoms with van der Waals surface area (Å²) in [7, 11) is 0. The highest BCUT2D eigenvalue weighted by atomic mass is 19.1. The molecule has 20 heavy (non-hydrogen) atoms. The van der Waals surface area contributed by atoms with Crippen LogP contribution in [0.4, 0.5) is 4.39 Å². The first-order valence-corrected chi connectivity index (χ1v) is 6.73. The van der Waals surface area contributed by atoms with E-state index < -0.39 is 5.60 Å². The summed E-state index contributed by atoms with van der Waals surface area (Å²) in [5.74, 6) is 0.357. The molecule has 1 heterocycles. The van der Waals surface area contributed by atoms with Gasteiger partial charge in [-0.25, -0.2) is 4.39 Å². The van der Waals surface area contributed by atoms with E-state index >= 15 is 0 Å². The molecule has 3 rings (SSSR count). The van der Waals surface area contributed by atoms with Gasteiger partial charge in [-0.2, -0.15) is 0 Å². The minimum absolute atomic E-state index is 0.257. The number of halogens is 1. The van der Waals surface area contributed by atoms with E-state index in [0.29, 0.717) is 41.9 Å². The Hall–Kier alpha value is -1.94. The van der Waals surface area contributed by atoms with Crippen LogP contribution in [0.2, 0.25) is 0 Å². The number of rotatable bonds is 3. The lowest BCUT2D eigenvalue weighted by Gasteiger charge is -2.24. The molecular weight excluding hydrogens is 257 g/mol. The molecule has 1 aliphatic carbocycles. The highest BCUT2D eigenvalue weighted by Gasteiger charge is 2.40. The molecular formula is C16H16FNO2. The van der Waals surface area contributed by atoms with Crippen molar-refractivity contribution < 1.29 is 14.2 Å². The fraction of sp³-hybridized carbons (Fsp3) is 0.312. The van der Waals surface area contributed by atoms with Crippen LogP contribution in [0.1, 0.15) is 30.0 Å². The van der Waals surface area contributed by atoms with Gasteiger partial charge in [0.15, 0.2) is 0 Å². The van der Waals surface area contributed by atoms with Gasteiger partial charge in [-0.3, -0.25) is 4.98 Å². The predicted molar refractivity (Wildman–Crippen MR) is 73.1 cm³/mol. The summed E-state index contributed by atoms with van der Waals surface area (Å²) in [4.78, 5) is 4.11. The number of benzene rings is 1. The van der Waals surface area contributed by atoms with Crippen molar-refractivity contribution in [1.29, 1.82) is 0 Å². The summed E-state index contributed by atoms with van der Waals surface area (Å²) in [6, 6.07) is 6.61. The first kappa shape index (κ1) is 13.1. The Morgan fingerprint density at radius 3 is 3.05 bits per heavy atom. The van der Waals surface area contributed by atoms with Crippen molar-refractivity contribution in [1.82, 2.24) is 4.98 Å². The van der Waals surface area contributed by atoms with Crippen molar-refractivity contribution in [3.05, 3.63) is 59.2 Å². The Morgan fingerprint density at radius 2 is 2.25 bits per heavy atom. The van der Waals surface area contributed by atoms with E-state index in [4.69, 9.17) is 4.74 Å². The van der Waals surface area contributed by atoms with Crippen molar-refractivity contribution in [2.24, 2.45) is 0 Å². The lowest BCUT2D eigenvalue weighted by atomic mass is 9.89. The Kier molecular flexibility index (Phi) is 3.18. The zero-order chi connectivity index (χ0) is 14.2.